The van der Waals surface area contributed by atoms with Crippen molar-refractivity contribution in [1.82, 2.24) is 15.3 Å². The Labute approximate surface area is 89.6 Å². The van der Waals surface area contributed by atoms with Gasteiger partial charge in [-0.3, -0.25) is 4.98 Å². The zero-order valence-corrected chi connectivity index (χ0v) is 8.83. The molecule has 0 unspecified atom stereocenters. The van der Waals surface area contributed by atoms with E-state index < -0.39 is 0 Å². The summed E-state index contributed by atoms with van der Waals surface area (Å²) in [6, 6.07) is 8.21. The Morgan fingerprint density at radius 1 is 1.27 bits per heavy atom. The third-order valence-electron chi connectivity index (χ3n) is 2.28. The highest BCUT2D eigenvalue weighted by Gasteiger charge is 1.94. The molecule has 2 aromatic heterocycles. The van der Waals surface area contributed by atoms with E-state index in [0.29, 0.717) is 0 Å². The maximum Gasteiger partial charge on any atom is 0.0372 e. The maximum absolute atomic E-state index is 4.25. The van der Waals surface area contributed by atoms with Crippen LogP contribution in [0.5, 0.6) is 0 Å². The molecule has 3 heteroatoms. The molecule has 2 N–H and O–H groups in total. The highest BCUT2D eigenvalue weighted by molar-refractivity contribution is 5.13. The molecule has 0 fully saturated rings. The van der Waals surface area contributed by atoms with Crippen molar-refractivity contribution < 1.29 is 0 Å². The van der Waals surface area contributed by atoms with Crippen molar-refractivity contribution in [3.05, 3.63) is 53.6 Å². The minimum Gasteiger partial charge on any atom is -0.364 e. The summed E-state index contributed by atoms with van der Waals surface area (Å²) in [6.07, 6.45) is 3.85. The summed E-state index contributed by atoms with van der Waals surface area (Å²) in [5, 5.41) is 3.35. The molecule has 78 valence electrons. The summed E-state index contributed by atoms with van der Waals surface area (Å²) in [5.41, 5.74) is 3.48. The molecule has 0 saturated heterocycles. The van der Waals surface area contributed by atoms with Gasteiger partial charge in [-0.25, -0.2) is 0 Å². The second kappa shape index (κ2) is 4.75. The first-order valence-electron chi connectivity index (χ1n) is 5.09. The van der Waals surface area contributed by atoms with Crippen molar-refractivity contribution in [3.8, 4) is 0 Å². The van der Waals surface area contributed by atoms with E-state index in [1.165, 1.54) is 11.3 Å². The van der Waals surface area contributed by atoms with Crippen LogP contribution < -0.4 is 5.32 Å². The molecule has 0 aliphatic heterocycles. The zero-order valence-electron chi connectivity index (χ0n) is 8.83. The summed E-state index contributed by atoms with van der Waals surface area (Å²) in [6.45, 7) is 3.71. The summed E-state index contributed by atoms with van der Waals surface area (Å²) < 4.78 is 0. The van der Waals surface area contributed by atoms with Crippen molar-refractivity contribution in [2.45, 2.75) is 20.0 Å². The lowest BCUT2D eigenvalue weighted by Gasteiger charge is -2.03. The SMILES string of the molecule is Cc1ccc(CNCc2ccc[nH]2)cn1. The largest absolute Gasteiger partial charge is 0.364 e. The molecular formula is C12H15N3. The van der Waals surface area contributed by atoms with Gasteiger partial charge in [0, 0.05) is 36.9 Å². The van der Waals surface area contributed by atoms with Crippen LogP contribution in [0.25, 0.3) is 0 Å². The number of rotatable bonds is 4. The number of nitrogens with zero attached hydrogens (tertiary/aromatic N) is 1. The number of aryl methyl sites for hydroxylation is 1. The van der Waals surface area contributed by atoms with E-state index in [1.807, 2.05) is 31.5 Å². The molecule has 2 heterocycles. The molecule has 0 spiro atoms. The first kappa shape index (κ1) is 9.93. The van der Waals surface area contributed by atoms with E-state index in [4.69, 9.17) is 0 Å². The Hall–Kier alpha value is -1.61. The van der Waals surface area contributed by atoms with E-state index in [1.54, 1.807) is 0 Å². The van der Waals surface area contributed by atoms with E-state index in [0.717, 1.165) is 18.8 Å². The molecule has 0 aromatic carbocycles. The molecule has 0 atom stereocenters. The first-order valence-corrected chi connectivity index (χ1v) is 5.09. The Morgan fingerprint density at radius 2 is 2.20 bits per heavy atom. The number of aromatic amines is 1. The van der Waals surface area contributed by atoms with Crippen LogP contribution in [0.1, 0.15) is 17.0 Å². The van der Waals surface area contributed by atoms with Gasteiger partial charge in [0.25, 0.3) is 0 Å². The average Bonchev–Trinajstić information content (AvgIpc) is 2.74. The lowest BCUT2D eigenvalue weighted by molar-refractivity contribution is 0.680. The van der Waals surface area contributed by atoms with Crippen LogP contribution >= 0.6 is 0 Å². The van der Waals surface area contributed by atoms with Gasteiger partial charge in [-0.1, -0.05) is 6.07 Å². The average molecular weight is 201 g/mol. The number of aromatic nitrogens is 2. The number of hydrogen-bond donors (Lipinski definition) is 2. The van der Waals surface area contributed by atoms with Gasteiger partial charge in [0.2, 0.25) is 0 Å². The molecular weight excluding hydrogens is 186 g/mol. The summed E-state index contributed by atoms with van der Waals surface area (Å²) in [4.78, 5) is 7.40. The molecule has 3 nitrogen and oxygen atoms in total. The zero-order chi connectivity index (χ0) is 10.5. The van der Waals surface area contributed by atoms with Gasteiger partial charge < -0.3 is 10.3 Å². The minimum absolute atomic E-state index is 0.853. The van der Waals surface area contributed by atoms with Crippen LogP contribution in [-0.4, -0.2) is 9.97 Å². The molecule has 0 bridgehead atoms. The second-order valence-electron chi connectivity index (χ2n) is 3.61. The van der Waals surface area contributed by atoms with Crippen molar-refractivity contribution in [2.24, 2.45) is 0 Å². The Balaban J connectivity index is 1.81. The number of hydrogen-bond acceptors (Lipinski definition) is 2. The molecule has 2 rings (SSSR count). The number of nitrogens with one attached hydrogen (secondary N) is 2. The van der Waals surface area contributed by atoms with Crippen molar-refractivity contribution >= 4 is 0 Å². The van der Waals surface area contributed by atoms with Crippen LogP contribution in [0.4, 0.5) is 0 Å². The number of H-pyrrole nitrogens is 1. The summed E-state index contributed by atoms with van der Waals surface area (Å²) in [5.74, 6) is 0. The molecule has 0 aliphatic rings. The van der Waals surface area contributed by atoms with Gasteiger partial charge >= 0.3 is 0 Å². The Kier molecular flexibility index (Phi) is 3.15. The molecule has 0 amide bonds. The Morgan fingerprint density at radius 3 is 2.87 bits per heavy atom. The van der Waals surface area contributed by atoms with Crippen LogP contribution in [0, 0.1) is 6.92 Å². The third kappa shape index (κ3) is 2.92. The van der Waals surface area contributed by atoms with Gasteiger partial charge in [0.1, 0.15) is 0 Å². The van der Waals surface area contributed by atoms with Gasteiger partial charge in [-0.2, -0.15) is 0 Å². The monoisotopic (exact) mass is 201 g/mol. The van der Waals surface area contributed by atoms with Crippen LogP contribution in [-0.2, 0) is 13.1 Å². The fourth-order valence-corrected chi connectivity index (χ4v) is 1.42. The summed E-state index contributed by atoms with van der Waals surface area (Å²) >= 11 is 0. The standard InChI is InChI=1S/C12H15N3/c1-10-4-5-11(8-15-10)7-13-9-12-3-2-6-14-12/h2-6,8,13-14H,7,9H2,1H3. The van der Waals surface area contributed by atoms with E-state index >= 15 is 0 Å². The van der Waals surface area contributed by atoms with E-state index in [-0.39, 0.29) is 0 Å². The van der Waals surface area contributed by atoms with E-state index in [2.05, 4.69) is 27.4 Å². The smallest absolute Gasteiger partial charge is 0.0372 e. The van der Waals surface area contributed by atoms with Crippen LogP contribution in [0.3, 0.4) is 0 Å². The molecule has 0 saturated carbocycles. The maximum atomic E-state index is 4.25. The van der Waals surface area contributed by atoms with E-state index in [9.17, 15) is 0 Å². The highest BCUT2D eigenvalue weighted by atomic mass is 14.9. The molecule has 0 radical (unpaired) electrons. The topological polar surface area (TPSA) is 40.7 Å². The Bertz CT molecular complexity index is 389. The molecule has 15 heavy (non-hydrogen) atoms. The van der Waals surface area contributed by atoms with Gasteiger partial charge in [0.15, 0.2) is 0 Å². The fourth-order valence-electron chi connectivity index (χ4n) is 1.42. The van der Waals surface area contributed by atoms with Gasteiger partial charge in [-0.05, 0) is 30.7 Å². The van der Waals surface area contributed by atoms with Gasteiger partial charge in [0.05, 0.1) is 0 Å². The number of pyridine rings is 1. The predicted molar refractivity (Wildman–Crippen MR) is 60.3 cm³/mol. The lowest BCUT2D eigenvalue weighted by Crippen LogP contribution is -2.12. The highest BCUT2D eigenvalue weighted by Crippen LogP contribution is 1.99. The quantitative estimate of drug-likeness (QED) is 0.794. The molecule has 0 aliphatic carbocycles. The summed E-state index contributed by atoms with van der Waals surface area (Å²) in [7, 11) is 0. The normalized spacial score (nSPS) is 10.5. The van der Waals surface area contributed by atoms with Crippen molar-refractivity contribution in [3.63, 3.8) is 0 Å². The fraction of sp³-hybridized carbons (Fsp3) is 0.250. The van der Waals surface area contributed by atoms with Gasteiger partial charge in [-0.15, -0.1) is 0 Å². The lowest BCUT2D eigenvalue weighted by atomic mass is 10.2. The molecule has 2 aromatic rings. The first-order chi connectivity index (χ1) is 7.34. The minimum atomic E-state index is 0.853. The van der Waals surface area contributed by atoms with Crippen molar-refractivity contribution in [1.29, 1.82) is 0 Å². The van der Waals surface area contributed by atoms with Crippen LogP contribution in [0.2, 0.25) is 0 Å². The second-order valence-corrected chi connectivity index (χ2v) is 3.61. The van der Waals surface area contributed by atoms with Crippen molar-refractivity contribution in [2.75, 3.05) is 0 Å². The van der Waals surface area contributed by atoms with Crippen LogP contribution in [0.15, 0.2) is 36.7 Å². The third-order valence-corrected chi connectivity index (χ3v) is 2.28. The predicted octanol–water partition coefficient (Wildman–Crippen LogP) is 2.01.